The molecule has 2 aromatic heterocycles. The Morgan fingerprint density at radius 3 is 2.73 bits per heavy atom. The Balaban J connectivity index is 2.18. The number of aliphatic carboxylic acids is 1. The third kappa shape index (κ3) is 2.52. The summed E-state index contributed by atoms with van der Waals surface area (Å²) in [4.78, 5) is 17.5. The van der Waals surface area contributed by atoms with Crippen molar-refractivity contribution in [2.45, 2.75) is 33.6 Å². The smallest absolute Gasteiger partial charge is 0.309 e. The standard InChI is InChI=1S/C17H18N2O2S/c1-4-14-16(12-6-5-10(2)11(3)7-12)19-9-13(8-15(20)21)18-17(19)22-14/h5-7,9H,4,8H2,1-3H3,(H,20,21). The van der Waals surface area contributed by atoms with Crippen molar-refractivity contribution in [1.82, 2.24) is 9.38 Å². The molecule has 0 aliphatic carbocycles. The van der Waals surface area contributed by atoms with E-state index in [0.29, 0.717) is 5.69 Å². The zero-order valence-electron chi connectivity index (χ0n) is 12.9. The van der Waals surface area contributed by atoms with Crippen LogP contribution in [0.5, 0.6) is 0 Å². The van der Waals surface area contributed by atoms with Gasteiger partial charge in [0.15, 0.2) is 4.96 Å². The van der Waals surface area contributed by atoms with Crippen molar-refractivity contribution in [3.63, 3.8) is 0 Å². The molecule has 0 atom stereocenters. The first-order valence-electron chi connectivity index (χ1n) is 7.28. The topological polar surface area (TPSA) is 54.6 Å². The number of aromatic nitrogens is 2. The van der Waals surface area contributed by atoms with Crippen molar-refractivity contribution < 1.29 is 9.90 Å². The summed E-state index contributed by atoms with van der Waals surface area (Å²) in [5, 5.41) is 8.94. The summed E-state index contributed by atoms with van der Waals surface area (Å²) in [6, 6.07) is 6.44. The second-order valence-electron chi connectivity index (χ2n) is 5.48. The van der Waals surface area contributed by atoms with E-state index < -0.39 is 5.97 Å². The van der Waals surface area contributed by atoms with Crippen LogP contribution in [-0.2, 0) is 17.6 Å². The van der Waals surface area contributed by atoms with E-state index >= 15 is 0 Å². The Kier molecular flexibility index (Phi) is 3.74. The maximum atomic E-state index is 10.9. The van der Waals surface area contributed by atoms with Crippen molar-refractivity contribution in [3.8, 4) is 11.3 Å². The quantitative estimate of drug-likeness (QED) is 0.795. The molecule has 2 heterocycles. The largest absolute Gasteiger partial charge is 0.481 e. The Labute approximate surface area is 133 Å². The SMILES string of the molecule is CCc1sc2nc(CC(=O)O)cn2c1-c1ccc(C)c(C)c1. The van der Waals surface area contributed by atoms with Crippen LogP contribution in [-0.4, -0.2) is 20.5 Å². The molecule has 0 saturated heterocycles. The average Bonchev–Trinajstić information content (AvgIpc) is 2.97. The highest BCUT2D eigenvalue weighted by Gasteiger charge is 2.16. The highest BCUT2D eigenvalue weighted by molar-refractivity contribution is 7.17. The second kappa shape index (κ2) is 5.57. The number of carboxylic acid groups (broad SMARTS) is 1. The Morgan fingerprint density at radius 1 is 1.32 bits per heavy atom. The number of fused-ring (bicyclic) bond motifs is 1. The molecule has 0 spiro atoms. The van der Waals surface area contributed by atoms with Crippen LogP contribution in [0.2, 0.25) is 0 Å². The molecule has 114 valence electrons. The van der Waals surface area contributed by atoms with Crippen LogP contribution in [0.4, 0.5) is 0 Å². The van der Waals surface area contributed by atoms with E-state index in [0.717, 1.165) is 22.6 Å². The fourth-order valence-electron chi connectivity index (χ4n) is 2.60. The van der Waals surface area contributed by atoms with Gasteiger partial charge in [0.05, 0.1) is 17.8 Å². The molecule has 0 aliphatic heterocycles. The minimum absolute atomic E-state index is 0.0395. The predicted molar refractivity (Wildman–Crippen MR) is 88.7 cm³/mol. The molecule has 5 heteroatoms. The lowest BCUT2D eigenvalue weighted by Crippen LogP contribution is -2.00. The van der Waals surface area contributed by atoms with Gasteiger partial charge in [0, 0.05) is 11.1 Å². The highest BCUT2D eigenvalue weighted by Crippen LogP contribution is 2.33. The molecule has 0 amide bonds. The molecule has 0 bridgehead atoms. The van der Waals surface area contributed by atoms with E-state index in [1.807, 2.05) is 10.6 Å². The van der Waals surface area contributed by atoms with Gasteiger partial charge in [0.25, 0.3) is 0 Å². The third-order valence-corrected chi connectivity index (χ3v) is 5.08. The van der Waals surface area contributed by atoms with Gasteiger partial charge in [-0.2, -0.15) is 0 Å². The molecule has 3 rings (SSSR count). The van der Waals surface area contributed by atoms with Crippen LogP contribution in [0.3, 0.4) is 0 Å². The fourth-order valence-corrected chi connectivity index (χ4v) is 3.69. The summed E-state index contributed by atoms with van der Waals surface area (Å²) in [5.41, 5.74) is 5.42. The average molecular weight is 314 g/mol. The van der Waals surface area contributed by atoms with E-state index in [-0.39, 0.29) is 6.42 Å². The molecule has 22 heavy (non-hydrogen) atoms. The second-order valence-corrected chi connectivity index (χ2v) is 6.54. The molecular weight excluding hydrogens is 296 g/mol. The highest BCUT2D eigenvalue weighted by atomic mass is 32.1. The van der Waals surface area contributed by atoms with Gasteiger partial charge in [-0.3, -0.25) is 9.20 Å². The van der Waals surface area contributed by atoms with Gasteiger partial charge in [-0.1, -0.05) is 19.1 Å². The number of nitrogens with zero attached hydrogens (tertiary/aromatic N) is 2. The Hall–Kier alpha value is -2.14. The fraction of sp³-hybridized carbons (Fsp3) is 0.294. The van der Waals surface area contributed by atoms with Crippen LogP contribution < -0.4 is 0 Å². The molecule has 4 nitrogen and oxygen atoms in total. The predicted octanol–water partition coefficient (Wildman–Crippen LogP) is 3.87. The monoisotopic (exact) mass is 314 g/mol. The summed E-state index contributed by atoms with van der Waals surface area (Å²) >= 11 is 1.64. The summed E-state index contributed by atoms with van der Waals surface area (Å²) in [6.45, 7) is 6.34. The van der Waals surface area contributed by atoms with Crippen molar-refractivity contribution in [1.29, 1.82) is 0 Å². The van der Waals surface area contributed by atoms with Crippen LogP contribution in [0.15, 0.2) is 24.4 Å². The first-order valence-corrected chi connectivity index (χ1v) is 8.10. The van der Waals surface area contributed by atoms with Crippen LogP contribution >= 0.6 is 11.3 Å². The minimum atomic E-state index is -0.853. The maximum absolute atomic E-state index is 10.9. The Bertz CT molecular complexity index is 861. The molecule has 0 fully saturated rings. The van der Waals surface area contributed by atoms with E-state index in [2.05, 4.69) is 44.0 Å². The van der Waals surface area contributed by atoms with Gasteiger partial charge in [-0.25, -0.2) is 4.98 Å². The number of benzene rings is 1. The molecule has 3 aromatic rings. The van der Waals surface area contributed by atoms with E-state index in [1.165, 1.54) is 16.0 Å². The number of rotatable bonds is 4. The maximum Gasteiger partial charge on any atom is 0.309 e. The molecule has 1 N–H and O–H groups in total. The normalized spacial score (nSPS) is 11.2. The molecule has 1 aromatic carbocycles. The van der Waals surface area contributed by atoms with Gasteiger partial charge < -0.3 is 5.11 Å². The zero-order valence-corrected chi connectivity index (χ0v) is 13.7. The van der Waals surface area contributed by atoms with E-state index in [4.69, 9.17) is 5.11 Å². The number of carbonyl (C=O) groups is 1. The van der Waals surface area contributed by atoms with E-state index in [1.54, 1.807) is 11.3 Å². The molecular formula is C17H18N2O2S. The number of hydrogen-bond donors (Lipinski definition) is 1. The zero-order chi connectivity index (χ0) is 15.9. The van der Waals surface area contributed by atoms with Gasteiger partial charge in [-0.15, -0.1) is 11.3 Å². The number of carboxylic acids is 1. The first kappa shape index (κ1) is 14.8. The van der Waals surface area contributed by atoms with Gasteiger partial charge in [-0.05, 0) is 43.0 Å². The summed E-state index contributed by atoms with van der Waals surface area (Å²) in [7, 11) is 0. The summed E-state index contributed by atoms with van der Waals surface area (Å²) in [6.07, 6.45) is 2.75. The number of hydrogen-bond acceptors (Lipinski definition) is 3. The van der Waals surface area contributed by atoms with Crippen LogP contribution in [0.25, 0.3) is 16.2 Å². The number of aryl methyl sites for hydroxylation is 3. The third-order valence-electron chi connectivity index (χ3n) is 3.88. The minimum Gasteiger partial charge on any atom is -0.481 e. The van der Waals surface area contributed by atoms with Crippen molar-refractivity contribution in [2.24, 2.45) is 0 Å². The Morgan fingerprint density at radius 2 is 2.09 bits per heavy atom. The lowest BCUT2D eigenvalue weighted by Gasteiger charge is -2.07. The molecule has 0 aliphatic rings. The molecule has 0 saturated carbocycles. The van der Waals surface area contributed by atoms with Gasteiger partial charge in [0.2, 0.25) is 0 Å². The lowest BCUT2D eigenvalue weighted by atomic mass is 10.0. The van der Waals surface area contributed by atoms with Crippen molar-refractivity contribution in [2.75, 3.05) is 0 Å². The lowest BCUT2D eigenvalue weighted by molar-refractivity contribution is -0.136. The van der Waals surface area contributed by atoms with Gasteiger partial charge >= 0.3 is 5.97 Å². The van der Waals surface area contributed by atoms with Crippen LogP contribution in [0.1, 0.15) is 28.6 Å². The summed E-state index contributed by atoms with van der Waals surface area (Å²) < 4.78 is 2.03. The first-order chi connectivity index (χ1) is 10.5. The van der Waals surface area contributed by atoms with Gasteiger partial charge in [0.1, 0.15) is 0 Å². The van der Waals surface area contributed by atoms with Crippen molar-refractivity contribution >= 4 is 22.3 Å². The summed E-state index contributed by atoms with van der Waals surface area (Å²) in [5.74, 6) is -0.853. The molecule has 0 unspecified atom stereocenters. The number of thiazole rings is 1. The van der Waals surface area contributed by atoms with E-state index in [9.17, 15) is 4.79 Å². The molecule has 0 radical (unpaired) electrons. The van der Waals surface area contributed by atoms with Crippen molar-refractivity contribution in [3.05, 3.63) is 46.1 Å². The van der Waals surface area contributed by atoms with Crippen LogP contribution in [0, 0.1) is 13.8 Å². The number of imidazole rings is 1.